The second-order valence-electron chi connectivity index (χ2n) is 8.75. The van der Waals surface area contributed by atoms with Crippen molar-refractivity contribution in [2.24, 2.45) is 0 Å². The first-order valence-corrected chi connectivity index (χ1v) is 12.5. The Morgan fingerprint density at radius 1 is 1.18 bits per heavy atom. The molecule has 1 saturated carbocycles. The zero-order valence-electron chi connectivity index (χ0n) is 19.5. The van der Waals surface area contributed by atoms with Crippen molar-refractivity contribution >= 4 is 28.6 Å². The second-order valence-corrected chi connectivity index (χ2v) is 9.69. The van der Waals surface area contributed by atoms with Crippen LogP contribution in [0.1, 0.15) is 52.7 Å². The summed E-state index contributed by atoms with van der Waals surface area (Å²) in [7, 11) is 1.62. The van der Waals surface area contributed by atoms with E-state index in [1.165, 1.54) is 28.5 Å². The highest BCUT2D eigenvalue weighted by Crippen LogP contribution is 2.25. The van der Waals surface area contributed by atoms with Gasteiger partial charge in [0.2, 0.25) is 0 Å². The molecule has 1 aliphatic carbocycles. The average molecular weight is 466 g/mol. The minimum absolute atomic E-state index is 0.0984. The first-order valence-electron chi connectivity index (χ1n) is 11.5. The lowest BCUT2D eigenvalue weighted by Gasteiger charge is -2.15. The quantitative estimate of drug-likeness (QED) is 0.388. The Kier molecular flexibility index (Phi) is 7.50. The highest BCUT2D eigenvalue weighted by molar-refractivity contribution is 7.98. The molecule has 2 aromatic carbocycles. The van der Waals surface area contributed by atoms with E-state index in [0.29, 0.717) is 40.5 Å². The molecule has 0 spiro atoms. The fraction of sp³-hybridized carbons (Fsp3) is 0.423. The molecule has 4 rings (SSSR count). The maximum Gasteiger partial charge on any atom is 0.262 e. The first kappa shape index (κ1) is 23.5. The molecule has 1 fully saturated rings. The van der Waals surface area contributed by atoms with E-state index in [1.807, 2.05) is 0 Å². The summed E-state index contributed by atoms with van der Waals surface area (Å²) in [5.41, 5.74) is 4.63. The van der Waals surface area contributed by atoms with E-state index in [-0.39, 0.29) is 17.5 Å². The van der Waals surface area contributed by atoms with Gasteiger partial charge in [-0.2, -0.15) is 0 Å². The fourth-order valence-electron chi connectivity index (χ4n) is 4.27. The van der Waals surface area contributed by atoms with Crippen LogP contribution in [0.25, 0.3) is 10.9 Å². The Morgan fingerprint density at radius 2 is 1.97 bits per heavy atom. The Morgan fingerprint density at radius 3 is 2.73 bits per heavy atom. The lowest BCUT2D eigenvalue weighted by molar-refractivity contribution is 0.0938. The summed E-state index contributed by atoms with van der Waals surface area (Å²) >= 11 is 1.54. The van der Waals surface area contributed by atoms with Gasteiger partial charge in [0.25, 0.3) is 11.5 Å². The van der Waals surface area contributed by atoms with Gasteiger partial charge in [0.05, 0.1) is 24.1 Å². The molecule has 1 aliphatic rings. The van der Waals surface area contributed by atoms with E-state index in [4.69, 9.17) is 9.72 Å². The molecule has 0 atom stereocenters. The van der Waals surface area contributed by atoms with E-state index in [1.54, 1.807) is 29.9 Å². The monoisotopic (exact) mass is 465 g/mol. The van der Waals surface area contributed by atoms with Gasteiger partial charge in [-0.1, -0.05) is 48.4 Å². The number of nitrogens with zero attached hydrogens (tertiary/aromatic N) is 2. The van der Waals surface area contributed by atoms with E-state index >= 15 is 0 Å². The van der Waals surface area contributed by atoms with Gasteiger partial charge in [-0.15, -0.1) is 0 Å². The van der Waals surface area contributed by atoms with Gasteiger partial charge in [0.1, 0.15) is 0 Å². The van der Waals surface area contributed by atoms with Crippen LogP contribution in [0.2, 0.25) is 0 Å². The number of nitrogens with one attached hydrogen (secondary N) is 1. The molecule has 6 nitrogen and oxygen atoms in total. The molecule has 33 heavy (non-hydrogen) atoms. The summed E-state index contributed by atoms with van der Waals surface area (Å²) in [5.74, 6) is 0.610. The number of amides is 1. The maximum absolute atomic E-state index is 13.3. The molecule has 0 unspecified atom stereocenters. The lowest BCUT2D eigenvalue weighted by Crippen LogP contribution is -2.32. The van der Waals surface area contributed by atoms with Gasteiger partial charge in [0, 0.05) is 24.5 Å². The number of aromatic nitrogens is 2. The zero-order chi connectivity index (χ0) is 23.4. The molecule has 0 radical (unpaired) electrons. The molecule has 1 amide bonds. The number of aryl methyl sites for hydroxylation is 2. The molecule has 1 heterocycles. The summed E-state index contributed by atoms with van der Waals surface area (Å²) in [5, 5.41) is 4.27. The summed E-state index contributed by atoms with van der Waals surface area (Å²) in [6.45, 7) is 5.02. The SMILES string of the molecule is COCCn1c(SCc2cc(C)ccc2C)nc2cc(C(=O)NC3CCCC3)ccc2c1=O. The van der Waals surface area contributed by atoms with E-state index in [2.05, 4.69) is 37.4 Å². The maximum atomic E-state index is 13.3. The second kappa shape index (κ2) is 10.5. The largest absolute Gasteiger partial charge is 0.383 e. The number of fused-ring (bicyclic) bond motifs is 1. The van der Waals surface area contributed by atoms with Crippen LogP contribution in [0, 0.1) is 13.8 Å². The Bertz CT molecular complexity index is 1220. The number of ether oxygens (including phenoxy) is 1. The van der Waals surface area contributed by atoms with Crippen LogP contribution in [0.15, 0.2) is 46.3 Å². The molecule has 3 aromatic rings. The predicted molar refractivity (Wildman–Crippen MR) is 133 cm³/mol. The molecule has 0 aliphatic heterocycles. The average Bonchev–Trinajstić information content (AvgIpc) is 3.32. The summed E-state index contributed by atoms with van der Waals surface area (Å²) in [4.78, 5) is 30.9. The topological polar surface area (TPSA) is 73.2 Å². The summed E-state index contributed by atoms with van der Waals surface area (Å²) in [6, 6.07) is 11.8. The molecule has 7 heteroatoms. The number of carbonyl (C=O) groups excluding carboxylic acids is 1. The third-order valence-corrected chi connectivity index (χ3v) is 7.28. The van der Waals surface area contributed by atoms with Crippen LogP contribution in [0.4, 0.5) is 0 Å². The van der Waals surface area contributed by atoms with Crippen molar-refractivity contribution in [2.75, 3.05) is 13.7 Å². The van der Waals surface area contributed by atoms with Crippen molar-refractivity contribution < 1.29 is 9.53 Å². The van der Waals surface area contributed by atoms with Gasteiger partial charge in [-0.3, -0.25) is 14.2 Å². The molecule has 1 N–H and O–H groups in total. The summed E-state index contributed by atoms with van der Waals surface area (Å²) < 4.78 is 6.91. The van der Waals surface area contributed by atoms with Crippen molar-refractivity contribution in [3.63, 3.8) is 0 Å². The number of rotatable bonds is 8. The number of methoxy groups -OCH3 is 1. The third kappa shape index (κ3) is 5.47. The van der Waals surface area contributed by atoms with Gasteiger partial charge >= 0.3 is 0 Å². The first-order chi connectivity index (χ1) is 16.0. The van der Waals surface area contributed by atoms with Gasteiger partial charge < -0.3 is 10.1 Å². The lowest BCUT2D eigenvalue weighted by atomic mass is 10.1. The number of thioether (sulfide) groups is 1. The highest BCUT2D eigenvalue weighted by Gasteiger charge is 2.19. The predicted octanol–water partition coefficient (Wildman–Crippen LogP) is 4.62. The molecular weight excluding hydrogens is 434 g/mol. The molecule has 1 aromatic heterocycles. The third-order valence-electron chi connectivity index (χ3n) is 6.25. The van der Waals surface area contributed by atoms with Crippen molar-refractivity contribution in [1.82, 2.24) is 14.9 Å². The number of carbonyl (C=O) groups is 1. The zero-order valence-corrected chi connectivity index (χ0v) is 20.3. The van der Waals surface area contributed by atoms with Crippen LogP contribution in [-0.2, 0) is 17.0 Å². The van der Waals surface area contributed by atoms with Crippen LogP contribution in [-0.4, -0.2) is 35.2 Å². The Labute approximate surface area is 198 Å². The molecule has 0 saturated heterocycles. The van der Waals surface area contributed by atoms with Crippen molar-refractivity contribution in [3.05, 3.63) is 69.0 Å². The molecular formula is C26H31N3O3S. The van der Waals surface area contributed by atoms with Crippen LogP contribution in [0.3, 0.4) is 0 Å². The number of benzene rings is 2. The van der Waals surface area contributed by atoms with Crippen LogP contribution >= 0.6 is 11.8 Å². The normalized spacial score (nSPS) is 14.2. The van der Waals surface area contributed by atoms with Crippen LogP contribution in [0.5, 0.6) is 0 Å². The minimum Gasteiger partial charge on any atom is -0.383 e. The van der Waals surface area contributed by atoms with Crippen molar-refractivity contribution in [1.29, 1.82) is 0 Å². The molecule has 174 valence electrons. The van der Waals surface area contributed by atoms with Crippen molar-refractivity contribution in [2.45, 2.75) is 63.0 Å². The van der Waals surface area contributed by atoms with E-state index in [0.717, 1.165) is 25.7 Å². The molecule has 0 bridgehead atoms. The smallest absolute Gasteiger partial charge is 0.262 e. The minimum atomic E-state index is -0.108. The fourth-order valence-corrected chi connectivity index (χ4v) is 5.36. The highest BCUT2D eigenvalue weighted by atomic mass is 32.2. The Hall–Kier alpha value is -2.64. The summed E-state index contributed by atoms with van der Waals surface area (Å²) in [6.07, 6.45) is 4.38. The van der Waals surface area contributed by atoms with Crippen LogP contribution < -0.4 is 10.9 Å². The standard InChI is InChI=1S/C26H31N3O3S/c1-17-8-9-18(2)20(14-17)16-33-26-28-23-15-19(24(30)27-21-6-4-5-7-21)10-11-22(23)25(31)29(26)12-13-32-3/h8-11,14-15,21H,4-7,12-13,16H2,1-3H3,(H,27,30). The number of hydrogen-bond acceptors (Lipinski definition) is 5. The Balaban J connectivity index is 1.67. The number of hydrogen-bond donors (Lipinski definition) is 1. The van der Waals surface area contributed by atoms with Gasteiger partial charge in [0.15, 0.2) is 5.16 Å². The van der Waals surface area contributed by atoms with E-state index in [9.17, 15) is 9.59 Å². The van der Waals surface area contributed by atoms with E-state index < -0.39 is 0 Å². The van der Waals surface area contributed by atoms with Crippen molar-refractivity contribution in [3.8, 4) is 0 Å². The van der Waals surface area contributed by atoms with Gasteiger partial charge in [-0.05, 0) is 56.0 Å². The van der Waals surface area contributed by atoms with Gasteiger partial charge in [-0.25, -0.2) is 4.98 Å².